The average Bonchev–Trinajstić information content (AvgIpc) is 2.95. The smallest absolute Gasteiger partial charge is 0.271 e. The summed E-state index contributed by atoms with van der Waals surface area (Å²) in [4.78, 5) is 1.59. The van der Waals surface area contributed by atoms with Gasteiger partial charge in [0, 0.05) is 11.4 Å². The van der Waals surface area contributed by atoms with E-state index in [0.29, 0.717) is 36.3 Å². The number of hydrogen-bond acceptors (Lipinski definition) is 5. The van der Waals surface area contributed by atoms with Gasteiger partial charge >= 0.3 is 0 Å². The van der Waals surface area contributed by atoms with Gasteiger partial charge in [-0.1, -0.05) is 15.9 Å². The van der Waals surface area contributed by atoms with Crippen molar-refractivity contribution in [2.75, 3.05) is 26.2 Å². The molecule has 0 bridgehead atoms. The maximum atomic E-state index is 12.8. The first-order valence-corrected chi connectivity index (χ1v) is 9.98. The van der Waals surface area contributed by atoms with E-state index in [4.69, 9.17) is 4.42 Å². The zero-order valence-corrected chi connectivity index (χ0v) is 16.0. The molecule has 1 N–H and O–H groups in total. The second-order valence-corrected chi connectivity index (χ2v) is 8.75. The van der Waals surface area contributed by atoms with Crippen LogP contribution in [0, 0.1) is 13.8 Å². The SMILES string of the molecule is Cc1nnc(C[NH+]2CCN(S(=O)(=O)c3ccc(Br)c(C)c3)CC2)o1. The Kier molecular flexibility index (Phi) is 5.05. The molecular weight excluding hydrogens is 396 g/mol. The molecule has 2 aromatic rings. The van der Waals surface area contributed by atoms with Crippen LogP contribution in [0.4, 0.5) is 0 Å². The summed E-state index contributed by atoms with van der Waals surface area (Å²) in [6.07, 6.45) is 0. The fraction of sp³-hybridized carbons (Fsp3) is 0.467. The molecule has 7 nitrogen and oxygen atoms in total. The summed E-state index contributed by atoms with van der Waals surface area (Å²) in [5, 5.41) is 7.82. The van der Waals surface area contributed by atoms with Crippen molar-refractivity contribution in [1.82, 2.24) is 14.5 Å². The number of rotatable bonds is 4. The number of nitrogens with zero attached hydrogens (tertiary/aromatic N) is 3. The van der Waals surface area contributed by atoms with Gasteiger partial charge in [-0.15, -0.1) is 10.2 Å². The predicted octanol–water partition coefficient (Wildman–Crippen LogP) is 0.538. The van der Waals surface area contributed by atoms with E-state index in [1.165, 1.54) is 4.90 Å². The van der Waals surface area contributed by atoms with Gasteiger partial charge in [0.2, 0.25) is 15.9 Å². The quantitative estimate of drug-likeness (QED) is 0.787. The lowest BCUT2D eigenvalue weighted by Crippen LogP contribution is -3.13. The highest BCUT2D eigenvalue weighted by Crippen LogP contribution is 2.22. The average molecular weight is 416 g/mol. The highest BCUT2D eigenvalue weighted by atomic mass is 79.9. The van der Waals surface area contributed by atoms with E-state index in [2.05, 4.69) is 26.1 Å². The lowest BCUT2D eigenvalue weighted by atomic mass is 10.2. The molecule has 0 atom stereocenters. The number of halogens is 1. The fourth-order valence-electron chi connectivity index (χ4n) is 2.77. The van der Waals surface area contributed by atoms with Crippen LogP contribution in [0.1, 0.15) is 17.3 Å². The van der Waals surface area contributed by atoms with E-state index in [0.717, 1.165) is 23.1 Å². The first kappa shape index (κ1) is 17.5. The van der Waals surface area contributed by atoms with E-state index in [9.17, 15) is 8.42 Å². The third-order valence-corrected chi connectivity index (χ3v) is 6.95. The predicted molar refractivity (Wildman–Crippen MR) is 91.1 cm³/mol. The van der Waals surface area contributed by atoms with Gasteiger partial charge in [0.05, 0.1) is 31.1 Å². The third kappa shape index (κ3) is 3.69. The van der Waals surface area contributed by atoms with Crippen LogP contribution >= 0.6 is 15.9 Å². The van der Waals surface area contributed by atoms with Crippen LogP contribution in [0.15, 0.2) is 32.0 Å². The van der Waals surface area contributed by atoms with Gasteiger partial charge in [0.15, 0.2) is 6.54 Å². The molecule has 1 fully saturated rings. The van der Waals surface area contributed by atoms with Crippen LogP contribution in [0.5, 0.6) is 0 Å². The zero-order valence-electron chi connectivity index (χ0n) is 13.6. The minimum atomic E-state index is -3.45. The van der Waals surface area contributed by atoms with Crippen molar-refractivity contribution in [2.45, 2.75) is 25.3 Å². The van der Waals surface area contributed by atoms with E-state index in [1.807, 2.05) is 6.92 Å². The molecule has 1 aliphatic rings. The molecule has 1 aliphatic heterocycles. The van der Waals surface area contributed by atoms with Gasteiger partial charge in [-0.05, 0) is 30.7 Å². The Morgan fingerprint density at radius 1 is 1.25 bits per heavy atom. The summed E-state index contributed by atoms with van der Waals surface area (Å²) in [7, 11) is -3.45. The molecule has 2 heterocycles. The fourth-order valence-corrected chi connectivity index (χ4v) is 4.54. The van der Waals surface area contributed by atoms with Crippen molar-refractivity contribution >= 4 is 26.0 Å². The summed E-state index contributed by atoms with van der Waals surface area (Å²) in [5.41, 5.74) is 0.909. The number of sulfonamides is 1. The Balaban J connectivity index is 1.65. The highest BCUT2D eigenvalue weighted by Gasteiger charge is 2.31. The van der Waals surface area contributed by atoms with Crippen molar-refractivity contribution in [3.8, 4) is 0 Å². The summed E-state index contributed by atoms with van der Waals surface area (Å²) in [6.45, 7) is 6.69. The van der Waals surface area contributed by atoms with Gasteiger partial charge < -0.3 is 9.32 Å². The Hall–Kier alpha value is -1.29. The van der Waals surface area contributed by atoms with E-state index in [-0.39, 0.29) is 0 Å². The molecule has 130 valence electrons. The maximum absolute atomic E-state index is 12.8. The second-order valence-electron chi connectivity index (χ2n) is 5.96. The molecule has 0 amide bonds. The Morgan fingerprint density at radius 2 is 1.96 bits per heavy atom. The molecule has 1 aromatic heterocycles. The van der Waals surface area contributed by atoms with Gasteiger partial charge in [-0.3, -0.25) is 0 Å². The number of piperazine rings is 1. The first-order chi connectivity index (χ1) is 11.4. The molecule has 24 heavy (non-hydrogen) atoms. The highest BCUT2D eigenvalue weighted by molar-refractivity contribution is 9.10. The molecule has 0 saturated carbocycles. The van der Waals surface area contributed by atoms with Crippen molar-refractivity contribution < 1.29 is 17.7 Å². The van der Waals surface area contributed by atoms with Crippen LogP contribution in [-0.4, -0.2) is 49.1 Å². The Morgan fingerprint density at radius 3 is 2.54 bits per heavy atom. The Labute approximate surface area is 149 Å². The molecule has 0 aliphatic carbocycles. The van der Waals surface area contributed by atoms with Crippen molar-refractivity contribution in [1.29, 1.82) is 0 Å². The van der Waals surface area contributed by atoms with Crippen molar-refractivity contribution in [3.63, 3.8) is 0 Å². The van der Waals surface area contributed by atoms with Gasteiger partial charge in [0.1, 0.15) is 0 Å². The van der Waals surface area contributed by atoms with Crippen molar-refractivity contribution in [2.24, 2.45) is 0 Å². The number of nitrogens with one attached hydrogen (secondary N) is 1. The number of hydrogen-bond donors (Lipinski definition) is 1. The van der Waals surface area contributed by atoms with Crippen LogP contribution in [0.3, 0.4) is 0 Å². The first-order valence-electron chi connectivity index (χ1n) is 7.75. The number of aromatic nitrogens is 2. The largest absolute Gasteiger partial charge is 0.420 e. The summed E-state index contributed by atoms with van der Waals surface area (Å²) < 4.78 is 33.4. The zero-order chi connectivity index (χ0) is 17.3. The van der Waals surface area contributed by atoms with Crippen LogP contribution in [0.2, 0.25) is 0 Å². The van der Waals surface area contributed by atoms with Crippen LogP contribution < -0.4 is 4.90 Å². The summed E-state index contributed by atoms with van der Waals surface area (Å²) in [6, 6.07) is 5.13. The molecular formula is C15H20BrN4O3S+. The third-order valence-electron chi connectivity index (χ3n) is 4.17. The van der Waals surface area contributed by atoms with E-state index in [1.54, 1.807) is 29.4 Å². The second kappa shape index (κ2) is 6.91. The lowest BCUT2D eigenvalue weighted by molar-refractivity contribution is -0.918. The van der Waals surface area contributed by atoms with Gasteiger partial charge in [-0.25, -0.2) is 8.42 Å². The normalized spacial score (nSPS) is 17.3. The van der Waals surface area contributed by atoms with Crippen LogP contribution in [-0.2, 0) is 16.6 Å². The topological polar surface area (TPSA) is 80.7 Å². The molecule has 0 spiro atoms. The minimum absolute atomic E-state index is 0.346. The van der Waals surface area contributed by atoms with Crippen molar-refractivity contribution in [3.05, 3.63) is 40.0 Å². The summed E-state index contributed by atoms with van der Waals surface area (Å²) in [5.74, 6) is 1.15. The molecule has 1 saturated heterocycles. The standard InChI is InChI=1S/C15H19BrN4O3S/c1-11-9-13(3-4-14(11)16)24(21,22)20-7-5-19(6-8-20)10-15-18-17-12(2)23-15/h3-4,9H,5-8,10H2,1-2H3/p+1. The molecule has 9 heteroatoms. The molecule has 3 rings (SSSR count). The maximum Gasteiger partial charge on any atom is 0.271 e. The van der Waals surface area contributed by atoms with Gasteiger partial charge in [-0.2, -0.15) is 4.31 Å². The lowest BCUT2D eigenvalue weighted by Gasteiger charge is -2.30. The Bertz CT molecular complexity index is 829. The van der Waals surface area contributed by atoms with E-state index < -0.39 is 10.0 Å². The molecule has 0 unspecified atom stereocenters. The summed E-state index contributed by atoms with van der Waals surface area (Å²) >= 11 is 3.40. The number of quaternary nitrogens is 1. The molecule has 0 radical (unpaired) electrons. The molecule has 1 aromatic carbocycles. The monoisotopic (exact) mass is 415 g/mol. The number of aryl methyl sites for hydroxylation is 2. The van der Waals surface area contributed by atoms with Gasteiger partial charge in [0.25, 0.3) is 5.89 Å². The number of benzene rings is 1. The minimum Gasteiger partial charge on any atom is -0.420 e. The van der Waals surface area contributed by atoms with Crippen LogP contribution in [0.25, 0.3) is 0 Å². The van der Waals surface area contributed by atoms with E-state index >= 15 is 0 Å².